The van der Waals surface area contributed by atoms with Crippen LogP contribution in [0.3, 0.4) is 0 Å². The summed E-state index contributed by atoms with van der Waals surface area (Å²) in [6, 6.07) is 11.5. The first-order valence-corrected chi connectivity index (χ1v) is 7.35. The standard InChI is InChI=1S/C15H15N5S/c1-10-9-21-15(18-10)20-12-5-2-4-11(8-12)19-14-13(16)6-3-7-17-14/h2-9H,16H2,1H3,(H,17,19)(H,18,20). The van der Waals surface area contributed by atoms with E-state index in [9.17, 15) is 0 Å². The minimum absolute atomic E-state index is 0.617. The fourth-order valence-corrected chi connectivity index (χ4v) is 2.58. The van der Waals surface area contributed by atoms with Crippen molar-refractivity contribution in [3.8, 4) is 0 Å². The highest BCUT2D eigenvalue weighted by Gasteiger charge is 2.03. The van der Waals surface area contributed by atoms with E-state index in [-0.39, 0.29) is 0 Å². The van der Waals surface area contributed by atoms with Crippen molar-refractivity contribution in [1.82, 2.24) is 9.97 Å². The summed E-state index contributed by atoms with van der Waals surface area (Å²) in [5, 5.41) is 9.38. The number of aryl methyl sites for hydroxylation is 1. The van der Waals surface area contributed by atoms with Gasteiger partial charge in [-0.3, -0.25) is 0 Å². The van der Waals surface area contributed by atoms with Gasteiger partial charge in [-0.15, -0.1) is 11.3 Å². The summed E-state index contributed by atoms with van der Waals surface area (Å²) in [7, 11) is 0. The number of rotatable bonds is 4. The lowest BCUT2D eigenvalue weighted by Crippen LogP contribution is -1.99. The molecule has 0 spiro atoms. The van der Waals surface area contributed by atoms with Crippen molar-refractivity contribution in [2.24, 2.45) is 0 Å². The largest absolute Gasteiger partial charge is 0.396 e. The maximum absolute atomic E-state index is 5.88. The Labute approximate surface area is 126 Å². The molecule has 0 aliphatic carbocycles. The predicted molar refractivity (Wildman–Crippen MR) is 88.5 cm³/mol. The minimum Gasteiger partial charge on any atom is -0.396 e. The third-order valence-electron chi connectivity index (χ3n) is 2.83. The van der Waals surface area contributed by atoms with Gasteiger partial charge in [-0.2, -0.15) is 0 Å². The summed E-state index contributed by atoms with van der Waals surface area (Å²) in [6.07, 6.45) is 1.71. The van der Waals surface area contributed by atoms with E-state index in [4.69, 9.17) is 5.73 Å². The molecule has 0 bridgehead atoms. The number of benzene rings is 1. The second-order valence-electron chi connectivity index (χ2n) is 4.57. The van der Waals surface area contributed by atoms with Crippen LogP contribution in [-0.4, -0.2) is 9.97 Å². The Morgan fingerprint density at radius 1 is 1.10 bits per heavy atom. The zero-order valence-electron chi connectivity index (χ0n) is 11.5. The first-order chi connectivity index (χ1) is 10.2. The second kappa shape index (κ2) is 5.80. The number of nitrogens with two attached hydrogens (primary N) is 1. The van der Waals surface area contributed by atoms with Gasteiger partial charge in [0.05, 0.1) is 11.4 Å². The fourth-order valence-electron chi connectivity index (χ4n) is 1.87. The van der Waals surface area contributed by atoms with Crippen molar-refractivity contribution in [2.75, 3.05) is 16.4 Å². The molecule has 4 N–H and O–H groups in total. The summed E-state index contributed by atoms with van der Waals surface area (Å²) in [5.41, 5.74) is 9.39. The molecule has 2 heterocycles. The molecule has 3 rings (SSSR count). The second-order valence-corrected chi connectivity index (χ2v) is 5.42. The van der Waals surface area contributed by atoms with Crippen LogP contribution in [0, 0.1) is 6.92 Å². The summed E-state index contributed by atoms with van der Waals surface area (Å²) in [4.78, 5) is 8.61. The van der Waals surface area contributed by atoms with Gasteiger partial charge in [-0.25, -0.2) is 9.97 Å². The molecule has 2 aromatic heterocycles. The average Bonchev–Trinajstić information content (AvgIpc) is 2.87. The first-order valence-electron chi connectivity index (χ1n) is 6.47. The lowest BCUT2D eigenvalue weighted by Gasteiger charge is -2.09. The van der Waals surface area contributed by atoms with Gasteiger partial charge in [0.1, 0.15) is 0 Å². The molecule has 5 nitrogen and oxygen atoms in total. The van der Waals surface area contributed by atoms with E-state index in [1.807, 2.05) is 48.7 Å². The van der Waals surface area contributed by atoms with Crippen molar-refractivity contribution in [3.63, 3.8) is 0 Å². The Bertz CT molecular complexity index is 753. The number of hydrogen-bond donors (Lipinski definition) is 3. The lowest BCUT2D eigenvalue weighted by atomic mass is 10.2. The topological polar surface area (TPSA) is 75.9 Å². The van der Waals surface area contributed by atoms with Gasteiger partial charge in [-0.1, -0.05) is 6.07 Å². The monoisotopic (exact) mass is 297 g/mol. The van der Waals surface area contributed by atoms with E-state index in [0.29, 0.717) is 11.5 Å². The molecule has 6 heteroatoms. The van der Waals surface area contributed by atoms with Gasteiger partial charge in [0, 0.05) is 23.0 Å². The molecule has 106 valence electrons. The Morgan fingerprint density at radius 2 is 1.90 bits per heavy atom. The fraction of sp³-hybridized carbons (Fsp3) is 0.0667. The van der Waals surface area contributed by atoms with E-state index in [1.54, 1.807) is 17.5 Å². The molecule has 3 aromatic rings. The molecular formula is C15H15N5S. The van der Waals surface area contributed by atoms with Crippen LogP contribution in [0.15, 0.2) is 48.0 Å². The molecule has 0 unspecified atom stereocenters. The molecule has 0 aliphatic rings. The van der Waals surface area contributed by atoms with Crippen molar-refractivity contribution in [1.29, 1.82) is 0 Å². The molecule has 1 aromatic carbocycles. The Kier molecular flexibility index (Phi) is 3.70. The van der Waals surface area contributed by atoms with Gasteiger partial charge >= 0.3 is 0 Å². The maximum Gasteiger partial charge on any atom is 0.187 e. The van der Waals surface area contributed by atoms with Gasteiger partial charge in [0.2, 0.25) is 0 Å². The van der Waals surface area contributed by atoms with Crippen LogP contribution < -0.4 is 16.4 Å². The van der Waals surface area contributed by atoms with Crippen LogP contribution in [0.25, 0.3) is 0 Å². The van der Waals surface area contributed by atoms with Crippen molar-refractivity contribution < 1.29 is 0 Å². The number of nitrogens with zero attached hydrogens (tertiary/aromatic N) is 2. The van der Waals surface area contributed by atoms with E-state index in [2.05, 4.69) is 20.6 Å². The normalized spacial score (nSPS) is 10.3. The number of aromatic nitrogens is 2. The minimum atomic E-state index is 0.617. The highest BCUT2D eigenvalue weighted by Crippen LogP contribution is 2.25. The van der Waals surface area contributed by atoms with Crippen LogP contribution in [-0.2, 0) is 0 Å². The molecule has 21 heavy (non-hydrogen) atoms. The van der Waals surface area contributed by atoms with E-state index in [1.165, 1.54) is 0 Å². The Morgan fingerprint density at radius 3 is 2.62 bits per heavy atom. The molecule has 0 atom stereocenters. The van der Waals surface area contributed by atoms with Crippen molar-refractivity contribution in [2.45, 2.75) is 6.92 Å². The van der Waals surface area contributed by atoms with Crippen molar-refractivity contribution >= 4 is 39.3 Å². The first kappa shape index (κ1) is 13.4. The van der Waals surface area contributed by atoms with Crippen molar-refractivity contribution in [3.05, 3.63) is 53.7 Å². The SMILES string of the molecule is Cc1csc(Nc2cccc(Nc3ncccc3N)c2)n1. The van der Waals surface area contributed by atoms with Gasteiger partial charge < -0.3 is 16.4 Å². The van der Waals surface area contributed by atoms with Crippen LogP contribution in [0.1, 0.15) is 5.69 Å². The van der Waals surface area contributed by atoms with Gasteiger partial charge in [0.25, 0.3) is 0 Å². The zero-order chi connectivity index (χ0) is 14.7. The molecule has 0 saturated carbocycles. The summed E-state index contributed by atoms with van der Waals surface area (Å²) in [5.74, 6) is 0.653. The predicted octanol–water partition coefficient (Wildman–Crippen LogP) is 3.92. The maximum atomic E-state index is 5.88. The number of thiazole rings is 1. The number of nitrogen functional groups attached to an aromatic ring is 1. The van der Waals surface area contributed by atoms with Crippen LogP contribution in [0.4, 0.5) is 28.0 Å². The van der Waals surface area contributed by atoms with E-state index in [0.717, 1.165) is 22.2 Å². The molecule has 0 aliphatic heterocycles. The summed E-state index contributed by atoms with van der Waals surface area (Å²) < 4.78 is 0. The van der Waals surface area contributed by atoms with Crippen LogP contribution in [0.2, 0.25) is 0 Å². The number of nitrogens with one attached hydrogen (secondary N) is 2. The summed E-state index contributed by atoms with van der Waals surface area (Å²) in [6.45, 7) is 1.98. The van der Waals surface area contributed by atoms with Gasteiger partial charge in [-0.05, 0) is 37.3 Å². The smallest absolute Gasteiger partial charge is 0.187 e. The molecule has 0 amide bonds. The highest BCUT2D eigenvalue weighted by atomic mass is 32.1. The van der Waals surface area contributed by atoms with E-state index < -0.39 is 0 Å². The number of pyridine rings is 1. The number of hydrogen-bond acceptors (Lipinski definition) is 6. The lowest BCUT2D eigenvalue weighted by molar-refractivity contribution is 1.26. The molecular weight excluding hydrogens is 282 g/mol. The third-order valence-corrected chi connectivity index (χ3v) is 3.71. The molecule has 0 fully saturated rings. The molecule has 0 radical (unpaired) electrons. The quantitative estimate of drug-likeness (QED) is 0.680. The third kappa shape index (κ3) is 3.29. The Balaban J connectivity index is 1.78. The van der Waals surface area contributed by atoms with Crippen LogP contribution in [0.5, 0.6) is 0 Å². The van der Waals surface area contributed by atoms with Crippen LogP contribution >= 0.6 is 11.3 Å². The van der Waals surface area contributed by atoms with E-state index >= 15 is 0 Å². The number of anilines is 5. The molecule has 0 saturated heterocycles. The summed E-state index contributed by atoms with van der Waals surface area (Å²) >= 11 is 1.58. The zero-order valence-corrected chi connectivity index (χ0v) is 12.3. The Hall–Kier alpha value is -2.60. The average molecular weight is 297 g/mol. The highest BCUT2D eigenvalue weighted by molar-refractivity contribution is 7.13. The van der Waals surface area contributed by atoms with Gasteiger partial charge in [0.15, 0.2) is 10.9 Å².